The molecule has 0 heterocycles. The van der Waals surface area contributed by atoms with Gasteiger partial charge in [0.15, 0.2) is 0 Å². The van der Waals surface area contributed by atoms with Crippen molar-refractivity contribution in [2.24, 2.45) is 0 Å². The van der Waals surface area contributed by atoms with E-state index < -0.39 is 67.7 Å². The molecule has 0 saturated heterocycles. The number of aliphatic hydroxyl groups excluding tert-OH is 2. The third-order valence-corrected chi connectivity index (χ3v) is 19.5. The largest absolute Gasteiger partial charge is 0.392 e. The maximum Gasteiger partial charge on any atom is 0.0877 e. The van der Waals surface area contributed by atoms with Crippen LogP contribution in [-0.2, 0) is 0 Å². The van der Waals surface area contributed by atoms with E-state index in [0.717, 1.165) is 38.5 Å². The minimum atomic E-state index is -1.27. The zero-order chi connectivity index (χ0) is 67.8. The standard InChI is InChI=1S/C75H144O13/c1-60(2)30-19-38-65(6,78)39-20-40-66(7,79)41-21-42-67(8,80)43-22-44-68(9,81)45-23-46-69(10,82)47-24-48-70(11,83)49-25-50-71(12,84)51-26-52-72(13,85)53-27-54-73(14,86)55-28-56-74(15,87)57-29-58-75(16,88)64(77)36-35-62(4)33-17-31-61(3)32-18-34-63(5)37-59-76/h30,32-33,37,64,76-88H,17-29,31,34-36,38-59H2,1-16H3/b61-32+,62-33+,63-37+. The van der Waals surface area contributed by atoms with Crippen molar-refractivity contribution in [2.75, 3.05) is 6.61 Å². The highest BCUT2D eigenvalue weighted by Gasteiger charge is 2.34. The topological polar surface area (TPSA) is 263 Å². The first-order valence-electron chi connectivity index (χ1n) is 35.0. The fourth-order valence-corrected chi connectivity index (χ4v) is 12.8. The zero-order valence-corrected chi connectivity index (χ0v) is 59.8. The number of allylic oxidation sites excluding steroid dienone is 7. The van der Waals surface area contributed by atoms with Gasteiger partial charge in [0.2, 0.25) is 0 Å². The van der Waals surface area contributed by atoms with Crippen molar-refractivity contribution in [3.8, 4) is 0 Å². The molecule has 0 aromatic rings. The third kappa shape index (κ3) is 47.3. The Bertz CT molecular complexity index is 1980. The molecule has 13 N–H and O–H groups in total. The highest BCUT2D eigenvalue weighted by atomic mass is 16.3. The predicted octanol–water partition coefficient (Wildman–Crippen LogP) is 15.2. The molecule has 0 aliphatic carbocycles. The average molecular weight is 1250 g/mol. The predicted molar refractivity (Wildman–Crippen MR) is 366 cm³/mol. The number of aliphatic hydroxyl groups is 13. The minimum Gasteiger partial charge on any atom is -0.392 e. The normalized spacial score (nSPS) is 21.0. The molecular formula is C75H144O13. The molecule has 0 amide bonds. The van der Waals surface area contributed by atoms with Gasteiger partial charge in [-0.3, -0.25) is 0 Å². The van der Waals surface area contributed by atoms with Crippen LogP contribution in [0, 0.1) is 0 Å². The number of rotatable bonds is 54. The van der Waals surface area contributed by atoms with Crippen LogP contribution < -0.4 is 0 Å². The van der Waals surface area contributed by atoms with E-state index >= 15 is 0 Å². The Morgan fingerprint density at radius 1 is 0.273 bits per heavy atom. The second-order valence-electron chi connectivity index (χ2n) is 32.1. The lowest BCUT2D eigenvalue weighted by atomic mass is 9.83. The first-order valence-corrected chi connectivity index (χ1v) is 35.0. The summed E-state index contributed by atoms with van der Waals surface area (Å²) in [5, 5.41) is 142. The van der Waals surface area contributed by atoms with Crippen LogP contribution in [0.2, 0.25) is 0 Å². The summed E-state index contributed by atoms with van der Waals surface area (Å²) in [5.41, 5.74) is -5.46. The van der Waals surface area contributed by atoms with E-state index in [0.29, 0.717) is 205 Å². The average Bonchev–Trinajstić information content (AvgIpc) is 3.50. The Hall–Kier alpha value is -1.56. The third-order valence-electron chi connectivity index (χ3n) is 19.5. The molecule has 88 heavy (non-hydrogen) atoms. The SMILES string of the molecule is CC(C)=CCCC(C)(O)CCCC(C)(O)CCCC(C)(O)CCCC(C)(O)CCCC(C)(O)CCCC(C)(O)CCCC(C)(O)CCCC(C)(O)CCCC(C)(O)CCCC(C)(O)CCCC(C)(O)C(O)CC/C(C)=C/CC/C(C)=C/CC/C(C)=C/CO. The quantitative estimate of drug-likeness (QED) is 0.0253. The molecule has 0 aromatic carbocycles. The van der Waals surface area contributed by atoms with Gasteiger partial charge in [-0.1, -0.05) is 46.6 Å². The first-order chi connectivity index (χ1) is 40.2. The number of hydrogen-bond acceptors (Lipinski definition) is 13. The molecule has 0 radical (unpaired) electrons. The summed E-state index contributed by atoms with van der Waals surface area (Å²) in [6, 6.07) is 0. The zero-order valence-electron chi connectivity index (χ0n) is 59.8. The highest BCUT2D eigenvalue weighted by Crippen LogP contribution is 2.35. The van der Waals surface area contributed by atoms with Crippen molar-refractivity contribution in [2.45, 2.75) is 422 Å². The van der Waals surface area contributed by atoms with Gasteiger partial charge in [0.1, 0.15) is 0 Å². The number of hydrogen-bond donors (Lipinski definition) is 13. The first kappa shape index (κ1) is 86.4. The Morgan fingerprint density at radius 3 is 0.705 bits per heavy atom. The summed E-state index contributed by atoms with van der Waals surface area (Å²) in [4.78, 5) is 0. The van der Waals surface area contributed by atoms with E-state index in [-0.39, 0.29) is 6.61 Å². The van der Waals surface area contributed by atoms with E-state index in [1.807, 2.05) is 75.3 Å². The summed E-state index contributed by atoms with van der Waals surface area (Å²) >= 11 is 0. The van der Waals surface area contributed by atoms with Gasteiger partial charge in [-0.2, -0.15) is 0 Å². The molecule has 13 heteroatoms. The lowest BCUT2D eigenvalue weighted by Gasteiger charge is -2.32. The van der Waals surface area contributed by atoms with Crippen molar-refractivity contribution in [3.05, 3.63) is 46.6 Å². The van der Waals surface area contributed by atoms with Crippen LogP contribution in [0.3, 0.4) is 0 Å². The smallest absolute Gasteiger partial charge is 0.0877 e. The summed E-state index contributed by atoms with van der Waals surface area (Å²) in [7, 11) is 0. The lowest BCUT2D eigenvalue weighted by molar-refractivity contribution is -0.0746. The van der Waals surface area contributed by atoms with Gasteiger partial charge in [-0.05, 0) is 355 Å². The second-order valence-corrected chi connectivity index (χ2v) is 32.1. The Morgan fingerprint density at radius 2 is 0.477 bits per heavy atom. The Labute approximate surface area is 539 Å². The molecule has 522 valence electrons. The van der Waals surface area contributed by atoms with E-state index in [4.69, 9.17) is 5.11 Å². The molecule has 0 bridgehead atoms. The van der Waals surface area contributed by atoms with Crippen molar-refractivity contribution in [1.29, 1.82) is 0 Å². The minimum absolute atomic E-state index is 0.0822. The van der Waals surface area contributed by atoms with Crippen LogP contribution in [0.1, 0.15) is 355 Å². The van der Waals surface area contributed by atoms with E-state index in [9.17, 15) is 61.3 Å². The summed E-state index contributed by atoms with van der Waals surface area (Å²) < 4.78 is 0. The van der Waals surface area contributed by atoms with Crippen LogP contribution in [0.4, 0.5) is 0 Å². The molecule has 12 atom stereocenters. The summed E-state index contributed by atoms with van der Waals surface area (Å²) in [6.45, 7) is 30.3. The maximum absolute atomic E-state index is 11.2. The van der Waals surface area contributed by atoms with Gasteiger partial charge in [0.25, 0.3) is 0 Å². The molecule has 0 aromatic heterocycles. The van der Waals surface area contributed by atoms with E-state index in [2.05, 4.69) is 45.9 Å². The Kier molecular flexibility index (Phi) is 39.9. The fraction of sp³-hybridized carbons (Fsp3) is 0.893. The summed E-state index contributed by atoms with van der Waals surface area (Å²) in [5.74, 6) is 0. The molecule has 12 unspecified atom stereocenters. The molecular weight excluding hydrogens is 1110 g/mol. The van der Waals surface area contributed by atoms with Crippen molar-refractivity contribution < 1.29 is 66.4 Å². The second kappa shape index (κ2) is 40.6. The van der Waals surface area contributed by atoms with Crippen LogP contribution in [0.25, 0.3) is 0 Å². The monoisotopic (exact) mass is 1250 g/mol. The van der Waals surface area contributed by atoms with Crippen molar-refractivity contribution >= 4 is 0 Å². The molecule has 0 fully saturated rings. The molecule has 0 aliphatic rings. The Balaban J connectivity index is 4.54. The van der Waals surface area contributed by atoms with Gasteiger partial charge in [-0.25, -0.2) is 0 Å². The summed E-state index contributed by atoms with van der Waals surface area (Å²) in [6.07, 6.45) is 30.9. The van der Waals surface area contributed by atoms with Crippen molar-refractivity contribution in [3.63, 3.8) is 0 Å². The van der Waals surface area contributed by atoms with E-state index in [1.165, 1.54) is 22.3 Å². The lowest BCUT2D eigenvalue weighted by Crippen LogP contribution is -2.39. The highest BCUT2D eigenvalue weighted by molar-refractivity contribution is 5.07. The molecule has 0 saturated carbocycles. The van der Waals surface area contributed by atoms with E-state index in [1.54, 1.807) is 13.8 Å². The molecule has 0 spiro atoms. The van der Waals surface area contributed by atoms with Crippen LogP contribution in [0.15, 0.2) is 46.6 Å². The van der Waals surface area contributed by atoms with Gasteiger partial charge in [0, 0.05) is 0 Å². The van der Waals surface area contributed by atoms with Crippen molar-refractivity contribution in [1.82, 2.24) is 0 Å². The molecule has 0 aliphatic heterocycles. The van der Waals surface area contributed by atoms with Crippen LogP contribution >= 0.6 is 0 Å². The van der Waals surface area contributed by atoms with Gasteiger partial charge < -0.3 is 66.4 Å². The van der Waals surface area contributed by atoms with Gasteiger partial charge in [0.05, 0.1) is 74.3 Å². The molecule has 13 nitrogen and oxygen atoms in total. The van der Waals surface area contributed by atoms with Crippen LogP contribution in [0.5, 0.6) is 0 Å². The maximum atomic E-state index is 11.2. The molecule has 0 rings (SSSR count). The van der Waals surface area contributed by atoms with Crippen LogP contribution in [-0.4, -0.2) is 141 Å². The fourth-order valence-electron chi connectivity index (χ4n) is 12.8. The van der Waals surface area contributed by atoms with Gasteiger partial charge in [-0.15, -0.1) is 0 Å². The van der Waals surface area contributed by atoms with Gasteiger partial charge >= 0.3 is 0 Å².